The molecule has 1 aliphatic heterocycles. The van der Waals surface area contributed by atoms with Gasteiger partial charge in [-0.25, -0.2) is 0 Å². The van der Waals surface area contributed by atoms with E-state index in [1.807, 2.05) is 12.1 Å². The minimum atomic E-state index is -0.0429. The molecule has 4 nitrogen and oxygen atoms in total. The minimum absolute atomic E-state index is 0.0429. The number of hydrogen-bond donors (Lipinski definition) is 2. The fourth-order valence-corrected chi connectivity index (χ4v) is 2.32. The van der Waals surface area contributed by atoms with Gasteiger partial charge in [0.05, 0.1) is 18.2 Å². The van der Waals surface area contributed by atoms with E-state index in [1.165, 1.54) is 0 Å². The van der Waals surface area contributed by atoms with Gasteiger partial charge in [-0.3, -0.25) is 4.79 Å². The molecule has 0 aromatic heterocycles. The highest BCUT2D eigenvalue weighted by molar-refractivity contribution is 6.32. The predicted octanol–water partition coefficient (Wildman–Crippen LogP) is 1.72. The van der Waals surface area contributed by atoms with E-state index in [1.54, 1.807) is 13.2 Å². The summed E-state index contributed by atoms with van der Waals surface area (Å²) in [5.74, 6) is 0.698. The van der Waals surface area contributed by atoms with Crippen molar-refractivity contribution in [2.75, 3.05) is 13.7 Å². The number of methoxy groups -OCH3 is 1. The van der Waals surface area contributed by atoms with Crippen LogP contribution in [0.4, 0.5) is 0 Å². The first kappa shape index (κ1) is 13.2. The van der Waals surface area contributed by atoms with E-state index in [2.05, 4.69) is 10.6 Å². The van der Waals surface area contributed by atoms with E-state index in [0.29, 0.717) is 17.3 Å². The largest absolute Gasteiger partial charge is 0.495 e. The van der Waals surface area contributed by atoms with Gasteiger partial charge in [0.25, 0.3) is 0 Å². The lowest BCUT2D eigenvalue weighted by molar-refractivity contribution is -0.122. The second kappa shape index (κ2) is 6.07. The Morgan fingerprint density at radius 1 is 1.61 bits per heavy atom. The molecule has 5 heteroatoms. The Hall–Kier alpha value is -1.26. The average Bonchev–Trinajstić information content (AvgIpc) is 2.90. The Balaban J connectivity index is 1.89. The summed E-state index contributed by atoms with van der Waals surface area (Å²) in [5, 5.41) is 6.63. The topological polar surface area (TPSA) is 50.4 Å². The summed E-state index contributed by atoms with van der Waals surface area (Å²) < 4.78 is 5.08. The number of carbonyl (C=O) groups is 1. The molecule has 1 aliphatic rings. The van der Waals surface area contributed by atoms with Crippen molar-refractivity contribution in [2.45, 2.75) is 25.4 Å². The Morgan fingerprint density at radius 3 is 3.06 bits per heavy atom. The summed E-state index contributed by atoms with van der Waals surface area (Å²) in [5.41, 5.74) is 0.965. The molecular formula is C13H17ClN2O2. The van der Waals surface area contributed by atoms with Gasteiger partial charge in [0, 0.05) is 6.54 Å². The molecule has 1 fully saturated rings. The van der Waals surface area contributed by atoms with Gasteiger partial charge in [-0.1, -0.05) is 17.7 Å². The summed E-state index contributed by atoms with van der Waals surface area (Å²) in [7, 11) is 1.58. The van der Waals surface area contributed by atoms with E-state index in [4.69, 9.17) is 16.3 Å². The van der Waals surface area contributed by atoms with Crippen molar-refractivity contribution in [3.05, 3.63) is 28.8 Å². The Labute approximate surface area is 112 Å². The average molecular weight is 269 g/mol. The van der Waals surface area contributed by atoms with Crippen LogP contribution in [0.3, 0.4) is 0 Å². The van der Waals surface area contributed by atoms with Gasteiger partial charge in [-0.05, 0) is 37.1 Å². The quantitative estimate of drug-likeness (QED) is 0.874. The molecule has 0 aliphatic carbocycles. The van der Waals surface area contributed by atoms with Crippen LogP contribution in [0.1, 0.15) is 18.4 Å². The van der Waals surface area contributed by atoms with Crippen LogP contribution < -0.4 is 15.4 Å². The second-order valence-corrected chi connectivity index (χ2v) is 4.74. The maximum atomic E-state index is 11.8. The van der Waals surface area contributed by atoms with Crippen molar-refractivity contribution in [3.63, 3.8) is 0 Å². The van der Waals surface area contributed by atoms with Gasteiger partial charge in [0.2, 0.25) is 5.91 Å². The van der Waals surface area contributed by atoms with Crippen molar-refractivity contribution in [3.8, 4) is 5.75 Å². The minimum Gasteiger partial charge on any atom is -0.495 e. The molecule has 0 radical (unpaired) electrons. The number of ether oxygens (including phenoxy) is 1. The van der Waals surface area contributed by atoms with Crippen LogP contribution in [0.15, 0.2) is 18.2 Å². The van der Waals surface area contributed by atoms with Gasteiger partial charge in [0.1, 0.15) is 5.75 Å². The zero-order valence-corrected chi connectivity index (χ0v) is 11.1. The molecule has 0 bridgehead atoms. The molecule has 1 unspecified atom stereocenters. The van der Waals surface area contributed by atoms with Crippen LogP contribution in [0.2, 0.25) is 5.02 Å². The van der Waals surface area contributed by atoms with Gasteiger partial charge < -0.3 is 15.4 Å². The molecule has 98 valence electrons. The number of benzene rings is 1. The normalized spacial score (nSPS) is 18.7. The maximum Gasteiger partial charge on any atom is 0.237 e. The predicted molar refractivity (Wildman–Crippen MR) is 70.9 cm³/mol. The van der Waals surface area contributed by atoms with Crippen molar-refractivity contribution in [2.24, 2.45) is 0 Å². The third kappa shape index (κ3) is 3.15. The standard InChI is InChI=1S/C13H17ClN2O2/c1-18-12-5-4-9(7-10(12)14)8-16-13(17)11-3-2-6-15-11/h4-5,7,11,15H,2-3,6,8H2,1H3,(H,16,17). The van der Waals surface area contributed by atoms with Crippen molar-refractivity contribution in [1.29, 1.82) is 0 Å². The van der Waals surface area contributed by atoms with Crippen LogP contribution in [0.5, 0.6) is 5.75 Å². The zero-order chi connectivity index (χ0) is 13.0. The van der Waals surface area contributed by atoms with Crippen molar-refractivity contribution >= 4 is 17.5 Å². The summed E-state index contributed by atoms with van der Waals surface area (Å²) in [6.45, 7) is 1.41. The number of rotatable bonds is 4. The van der Waals surface area contributed by atoms with Crippen LogP contribution in [-0.4, -0.2) is 25.6 Å². The second-order valence-electron chi connectivity index (χ2n) is 4.34. The molecule has 18 heavy (non-hydrogen) atoms. The molecule has 1 aromatic carbocycles. The van der Waals surface area contributed by atoms with Crippen LogP contribution in [0, 0.1) is 0 Å². The maximum absolute atomic E-state index is 11.8. The molecule has 1 saturated heterocycles. The highest BCUT2D eigenvalue weighted by Gasteiger charge is 2.21. The molecule has 2 N–H and O–H groups in total. The first-order valence-electron chi connectivity index (χ1n) is 6.04. The highest BCUT2D eigenvalue weighted by atomic mass is 35.5. The van der Waals surface area contributed by atoms with Gasteiger partial charge in [0.15, 0.2) is 0 Å². The number of hydrogen-bond acceptors (Lipinski definition) is 3. The SMILES string of the molecule is COc1ccc(CNC(=O)C2CCCN2)cc1Cl. The Kier molecular flexibility index (Phi) is 4.44. The monoisotopic (exact) mass is 268 g/mol. The summed E-state index contributed by atoms with van der Waals surface area (Å²) in [6, 6.07) is 5.46. The molecule has 0 spiro atoms. The molecule has 1 aromatic rings. The molecule has 1 amide bonds. The summed E-state index contributed by atoms with van der Waals surface area (Å²) in [6.07, 6.45) is 1.97. The lowest BCUT2D eigenvalue weighted by Crippen LogP contribution is -2.39. The van der Waals surface area contributed by atoms with Crippen LogP contribution >= 0.6 is 11.6 Å². The third-order valence-electron chi connectivity index (χ3n) is 3.06. The van der Waals surface area contributed by atoms with E-state index in [-0.39, 0.29) is 11.9 Å². The van der Waals surface area contributed by atoms with E-state index >= 15 is 0 Å². The molecule has 1 heterocycles. The Bertz CT molecular complexity index is 431. The summed E-state index contributed by atoms with van der Waals surface area (Å²) >= 11 is 6.02. The van der Waals surface area contributed by atoms with E-state index in [0.717, 1.165) is 24.9 Å². The lowest BCUT2D eigenvalue weighted by atomic mass is 10.2. The van der Waals surface area contributed by atoms with Crippen LogP contribution in [0.25, 0.3) is 0 Å². The number of amides is 1. The lowest BCUT2D eigenvalue weighted by Gasteiger charge is -2.11. The van der Waals surface area contributed by atoms with Crippen LogP contribution in [-0.2, 0) is 11.3 Å². The summed E-state index contributed by atoms with van der Waals surface area (Å²) in [4.78, 5) is 11.8. The van der Waals surface area contributed by atoms with Gasteiger partial charge in [-0.15, -0.1) is 0 Å². The smallest absolute Gasteiger partial charge is 0.237 e. The molecule has 0 saturated carbocycles. The van der Waals surface area contributed by atoms with Gasteiger partial charge >= 0.3 is 0 Å². The molecule has 2 rings (SSSR count). The fourth-order valence-electron chi connectivity index (χ4n) is 2.04. The first-order valence-corrected chi connectivity index (χ1v) is 6.42. The number of carbonyl (C=O) groups excluding carboxylic acids is 1. The van der Waals surface area contributed by atoms with Gasteiger partial charge in [-0.2, -0.15) is 0 Å². The number of halogens is 1. The van der Waals surface area contributed by atoms with Crippen molar-refractivity contribution in [1.82, 2.24) is 10.6 Å². The zero-order valence-electron chi connectivity index (χ0n) is 10.3. The Morgan fingerprint density at radius 2 is 2.44 bits per heavy atom. The fraction of sp³-hybridized carbons (Fsp3) is 0.462. The van der Waals surface area contributed by atoms with Crippen molar-refractivity contribution < 1.29 is 9.53 Å². The molecule has 1 atom stereocenters. The highest BCUT2D eigenvalue weighted by Crippen LogP contribution is 2.24. The molecular weight excluding hydrogens is 252 g/mol. The van der Waals surface area contributed by atoms with E-state index < -0.39 is 0 Å². The first-order chi connectivity index (χ1) is 8.70. The van der Waals surface area contributed by atoms with E-state index in [9.17, 15) is 4.79 Å². The third-order valence-corrected chi connectivity index (χ3v) is 3.36. The number of nitrogens with one attached hydrogen (secondary N) is 2.